The number of carbonyl (C=O) groups excluding carboxylic acids is 3. The summed E-state index contributed by atoms with van der Waals surface area (Å²) in [4.78, 5) is 38.5. The lowest BCUT2D eigenvalue weighted by Crippen LogP contribution is -2.45. The number of anilines is 3. The quantitative estimate of drug-likeness (QED) is 0.544. The number of carbonyl (C=O) groups is 3. The van der Waals surface area contributed by atoms with Crippen molar-refractivity contribution in [2.24, 2.45) is 0 Å². The van der Waals surface area contributed by atoms with Crippen LogP contribution in [0.15, 0.2) is 40.2 Å². The summed E-state index contributed by atoms with van der Waals surface area (Å²) in [6, 6.07) is 9.56. The Morgan fingerprint density at radius 2 is 1.97 bits per heavy atom. The fourth-order valence-corrected chi connectivity index (χ4v) is 4.27. The van der Waals surface area contributed by atoms with Gasteiger partial charge in [-0.3, -0.25) is 14.9 Å². The molecule has 0 saturated carbocycles. The predicted octanol–water partition coefficient (Wildman–Crippen LogP) is 3.80. The number of amides is 4. The molecular weight excluding hydrogens is 472 g/mol. The highest BCUT2D eigenvalue weighted by molar-refractivity contribution is 9.11. The molecule has 0 bridgehead atoms. The van der Waals surface area contributed by atoms with Crippen LogP contribution in [0.25, 0.3) is 0 Å². The third-order valence-electron chi connectivity index (χ3n) is 4.44. The van der Waals surface area contributed by atoms with E-state index in [1.54, 1.807) is 35.2 Å². The van der Waals surface area contributed by atoms with Crippen molar-refractivity contribution >= 4 is 61.5 Å². The SMILES string of the molecule is CCCC(NC(=O)Nc1ccc(Br)s1)C(=O)Nc1ccc(N2CCOCC2=O)cc1. The van der Waals surface area contributed by atoms with Gasteiger partial charge in [-0.05, 0) is 58.7 Å². The molecule has 1 atom stereocenters. The first-order chi connectivity index (χ1) is 14.5. The van der Waals surface area contributed by atoms with E-state index in [4.69, 9.17) is 4.74 Å². The van der Waals surface area contributed by atoms with Crippen LogP contribution in [0.4, 0.5) is 21.2 Å². The Hall–Kier alpha value is -2.43. The van der Waals surface area contributed by atoms with Crippen molar-refractivity contribution in [1.82, 2.24) is 5.32 Å². The molecule has 3 rings (SSSR count). The van der Waals surface area contributed by atoms with Crippen LogP contribution >= 0.6 is 27.3 Å². The number of urea groups is 1. The minimum absolute atomic E-state index is 0.0767. The van der Waals surface area contributed by atoms with Gasteiger partial charge in [0.2, 0.25) is 5.91 Å². The van der Waals surface area contributed by atoms with Crippen LogP contribution in [-0.2, 0) is 14.3 Å². The van der Waals surface area contributed by atoms with Crippen LogP contribution in [0.5, 0.6) is 0 Å². The zero-order valence-corrected chi connectivity index (χ0v) is 18.8. The zero-order valence-electron chi connectivity index (χ0n) is 16.4. The van der Waals surface area contributed by atoms with Crippen LogP contribution < -0.4 is 20.9 Å². The summed E-state index contributed by atoms with van der Waals surface area (Å²) in [5, 5.41) is 8.97. The summed E-state index contributed by atoms with van der Waals surface area (Å²) < 4.78 is 6.05. The topological polar surface area (TPSA) is 99.8 Å². The van der Waals surface area contributed by atoms with Crippen molar-refractivity contribution in [3.8, 4) is 0 Å². The van der Waals surface area contributed by atoms with Gasteiger partial charge in [-0.2, -0.15) is 0 Å². The van der Waals surface area contributed by atoms with Gasteiger partial charge in [-0.1, -0.05) is 13.3 Å². The van der Waals surface area contributed by atoms with Crippen molar-refractivity contribution in [1.29, 1.82) is 0 Å². The van der Waals surface area contributed by atoms with Crippen molar-refractivity contribution < 1.29 is 19.1 Å². The zero-order chi connectivity index (χ0) is 21.5. The molecule has 0 radical (unpaired) electrons. The Bertz CT molecular complexity index is 902. The first kappa shape index (κ1) is 22.3. The molecule has 10 heteroatoms. The summed E-state index contributed by atoms with van der Waals surface area (Å²) in [5.41, 5.74) is 1.35. The average molecular weight is 495 g/mol. The fraction of sp³-hybridized carbons (Fsp3) is 0.350. The van der Waals surface area contributed by atoms with Crippen molar-refractivity contribution in [3.05, 3.63) is 40.2 Å². The highest BCUT2D eigenvalue weighted by atomic mass is 79.9. The van der Waals surface area contributed by atoms with Crippen molar-refractivity contribution in [3.63, 3.8) is 0 Å². The second kappa shape index (κ2) is 10.6. The van der Waals surface area contributed by atoms with Crippen LogP contribution in [0.1, 0.15) is 19.8 Å². The lowest BCUT2D eigenvalue weighted by atomic mass is 10.1. The summed E-state index contributed by atoms with van der Waals surface area (Å²) >= 11 is 4.74. The van der Waals surface area contributed by atoms with Gasteiger partial charge in [-0.15, -0.1) is 11.3 Å². The highest BCUT2D eigenvalue weighted by Gasteiger charge is 2.22. The molecule has 1 aliphatic heterocycles. The first-order valence-corrected chi connectivity index (χ1v) is 11.2. The highest BCUT2D eigenvalue weighted by Crippen LogP contribution is 2.26. The number of benzene rings is 1. The molecule has 1 aliphatic rings. The van der Waals surface area contributed by atoms with E-state index in [-0.39, 0.29) is 18.4 Å². The molecule has 8 nitrogen and oxygen atoms in total. The summed E-state index contributed by atoms with van der Waals surface area (Å²) in [7, 11) is 0. The van der Waals surface area contributed by atoms with Crippen LogP contribution in [0, 0.1) is 0 Å². The molecule has 30 heavy (non-hydrogen) atoms. The largest absolute Gasteiger partial charge is 0.370 e. The number of hydrogen-bond donors (Lipinski definition) is 3. The molecule has 3 N–H and O–H groups in total. The van der Waals surface area contributed by atoms with Gasteiger partial charge in [0.15, 0.2) is 0 Å². The van der Waals surface area contributed by atoms with Gasteiger partial charge in [0.05, 0.1) is 15.4 Å². The summed E-state index contributed by atoms with van der Waals surface area (Å²) in [6.45, 7) is 3.03. The number of hydrogen-bond acceptors (Lipinski definition) is 5. The normalized spacial score (nSPS) is 14.9. The summed E-state index contributed by atoms with van der Waals surface area (Å²) in [6.07, 6.45) is 1.24. The minimum Gasteiger partial charge on any atom is -0.370 e. The number of thiophene rings is 1. The monoisotopic (exact) mass is 494 g/mol. The van der Waals surface area contributed by atoms with Crippen LogP contribution in [-0.4, -0.2) is 43.6 Å². The predicted molar refractivity (Wildman–Crippen MR) is 121 cm³/mol. The van der Waals surface area contributed by atoms with E-state index in [1.165, 1.54) is 11.3 Å². The van der Waals surface area contributed by atoms with Crippen molar-refractivity contribution in [2.75, 3.05) is 35.3 Å². The Labute approximate surface area is 187 Å². The smallest absolute Gasteiger partial charge is 0.320 e. The van der Waals surface area contributed by atoms with Gasteiger partial charge >= 0.3 is 6.03 Å². The molecule has 160 valence electrons. The minimum atomic E-state index is -0.668. The Morgan fingerprint density at radius 1 is 1.20 bits per heavy atom. The maximum absolute atomic E-state index is 12.7. The van der Waals surface area contributed by atoms with E-state index >= 15 is 0 Å². The van der Waals surface area contributed by atoms with Crippen molar-refractivity contribution in [2.45, 2.75) is 25.8 Å². The van der Waals surface area contributed by atoms with E-state index in [9.17, 15) is 14.4 Å². The molecule has 1 fully saturated rings. The number of ether oxygens (including phenoxy) is 1. The Balaban J connectivity index is 1.58. The van der Waals surface area contributed by atoms with E-state index in [0.29, 0.717) is 30.3 Å². The first-order valence-electron chi connectivity index (χ1n) is 9.58. The Morgan fingerprint density at radius 3 is 2.60 bits per heavy atom. The maximum atomic E-state index is 12.7. The maximum Gasteiger partial charge on any atom is 0.320 e. The number of nitrogens with zero attached hydrogens (tertiary/aromatic N) is 1. The fourth-order valence-electron chi connectivity index (χ4n) is 2.99. The number of halogens is 1. The number of nitrogens with one attached hydrogen (secondary N) is 3. The van der Waals surface area contributed by atoms with Gasteiger partial charge in [0, 0.05) is 17.9 Å². The summed E-state index contributed by atoms with van der Waals surface area (Å²) in [5.74, 6) is -0.386. The second-order valence-electron chi connectivity index (χ2n) is 6.68. The Kier molecular flexibility index (Phi) is 7.83. The third kappa shape index (κ3) is 6.04. The molecular formula is C20H23BrN4O4S. The molecule has 0 aliphatic carbocycles. The average Bonchev–Trinajstić information content (AvgIpc) is 3.13. The molecule has 0 spiro atoms. The lowest BCUT2D eigenvalue weighted by molar-refractivity contribution is -0.125. The van der Waals surface area contributed by atoms with Crippen LogP contribution in [0.2, 0.25) is 0 Å². The molecule has 2 heterocycles. The van der Waals surface area contributed by atoms with Gasteiger partial charge in [-0.25, -0.2) is 4.79 Å². The molecule has 1 saturated heterocycles. The van der Waals surface area contributed by atoms with E-state index in [0.717, 1.165) is 15.9 Å². The van der Waals surface area contributed by atoms with Gasteiger partial charge < -0.3 is 20.3 Å². The lowest BCUT2D eigenvalue weighted by Gasteiger charge is -2.27. The molecule has 1 aromatic heterocycles. The van der Waals surface area contributed by atoms with E-state index in [1.807, 2.05) is 13.0 Å². The second-order valence-corrected chi connectivity index (χ2v) is 9.14. The number of rotatable bonds is 7. The third-order valence-corrected chi connectivity index (χ3v) is 5.98. The van der Waals surface area contributed by atoms with Crippen LogP contribution in [0.3, 0.4) is 0 Å². The molecule has 2 aromatic rings. The number of morpholine rings is 1. The van der Waals surface area contributed by atoms with E-state index in [2.05, 4.69) is 31.9 Å². The van der Waals surface area contributed by atoms with Gasteiger partial charge in [0.25, 0.3) is 5.91 Å². The molecule has 1 aromatic carbocycles. The molecule has 4 amide bonds. The van der Waals surface area contributed by atoms with Gasteiger partial charge in [0.1, 0.15) is 12.6 Å². The van der Waals surface area contributed by atoms with E-state index < -0.39 is 12.1 Å². The molecule has 1 unspecified atom stereocenters. The standard InChI is InChI=1S/C20H23BrN4O4S/c1-2-3-15(23-20(28)24-17-9-8-16(21)30-17)19(27)22-13-4-6-14(7-5-13)25-10-11-29-12-18(25)26/h4-9,15H,2-3,10-12H2,1H3,(H,22,27)(H2,23,24,28).